The van der Waals surface area contributed by atoms with Gasteiger partial charge in [0.15, 0.2) is 0 Å². The summed E-state index contributed by atoms with van der Waals surface area (Å²) < 4.78 is 4.03. The fraction of sp³-hybridized carbons (Fsp3) is 1.00. The third kappa shape index (κ3) is 6.53. The third-order valence-corrected chi connectivity index (χ3v) is 12.0. The highest BCUT2D eigenvalue weighted by atomic mass is 28.3. The largest absolute Gasteiger partial charge is 0.364 e. The molecule has 0 radical (unpaired) electrons. The maximum atomic E-state index is 4.03. The van der Waals surface area contributed by atoms with Gasteiger partial charge in [0.1, 0.15) is 17.9 Å². The van der Waals surface area contributed by atoms with Gasteiger partial charge in [0.05, 0.1) is 0 Å². The SMILES string of the molecule is CCCC(C)[SiH](C)N[SiH](C)C(C)CCC. The van der Waals surface area contributed by atoms with Crippen LogP contribution in [-0.2, 0) is 0 Å². The molecule has 4 atom stereocenters. The molecule has 0 aromatic rings. The summed E-state index contributed by atoms with van der Waals surface area (Å²) in [6.07, 6.45) is 5.54. The lowest BCUT2D eigenvalue weighted by atomic mass is 10.3. The Hall–Kier alpha value is 0.394. The Bertz CT molecular complexity index is 137. The van der Waals surface area contributed by atoms with E-state index < -0.39 is 17.9 Å². The maximum Gasteiger partial charge on any atom is 0.101 e. The molecule has 0 spiro atoms. The molecule has 15 heavy (non-hydrogen) atoms. The lowest BCUT2D eigenvalue weighted by molar-refractivity contribution is 0.737. The summed E-state index contributed by atoms with van der Waals surface area (Å²) in [6, 6.07) is 0. The van der Waals surface area contributed by atoms with Crippen molar-refractivity contribution < 1.29 is 0 Å². The fourth-order valence-electron chi connectivity index (χ4n) is 2.15. The highest BCUT2D eigenvalue weighted by Crippen LogP contribution is 2.18. The van der Waals surface area contributed by atoms with Gasteiger partial charge in [0.2, 0.25) is 0 Å². The van der Waals surface area contributed by atoms with Crippen LogP contribution in [-0.4, -0.2) is 17.9 Å². The zero-order valence-electron chi connectivity index (χ0n) is 11.6. The van der Waals surface area contributed by atoms with E-state index in [4.69, 9.17) is 0 Å². The van der Waals surface area contributed by atoms with Gasteiger partial charge in [-0.3, -0.25) is 0 Å². The highest BCUT2D eigenvalue weighted by Gasteiger charge is 2.19. The molecule has 92 valence electrons. The first-order valence-corrected chi connectivity index (χ1v) is 11.6. The zero-order chi connectivity index (χ0) is 11.8. The van der Waals surface area contributed by atoms with Crippen LogP contribution in [0.15, 0.2) is 0 Å². The first kappa shape index (κ1) is 15.4. The quantitative estimate of drug-likeness (QED) is 0.644. The van der Waals surface area contributed by atoms with Crippen molar-refractivity contribution in [2.24, 2.45) is 0 Å². The van der Waals surface area contributed by atoms with Crippen molar-refractivity contribution in [2.75, 3.05) is 0 Å². The van der Waals surface area contributed by atoms with Crippen LogP contribution in [0.25, 0.3) is 0 Å². The molecule has 0 aliphatic carbocycles. The van der Waals surface area contributed by atoms with E-state index in [-0.39, 0.29) is 0 Å². The van der Waals surface area contributed by atoms with Gasteiger partial charge in [-0.2, -0.15) is 0 Å². The van der Waals surface area contributed by atoms with Crippen LogP contribution in [0.2, 0.25) is 24.2 Å². The van der Waals surface area contributed by atoms with Crippen LogP contribution < -0.4 is 4.65 Å². The molecule has 0 saturated carbocycles. The predicted molar refractivity (Wildman–Crippen MR) is 77.8 cm³/mol. The van der Waals surface area contributed by atoms with Gasteiger partial charge in [-0.1, -0.05) is 66.5 Å². The Kier molecular flexibility index (Phi) is 8.76. The molecule has 0 amide bonds. The second kappa shape index (κ2) is 8.53. The van der Waals surface area contributed by atoms with Gasteiger partial charge in [0.25, 0.3) is 0 Å². The molecule has 0 bridgehead atoms. The topological polar surface area (TPSA) is 12.0 Å². The van der Waals surface area contributed by atoms with Crippen molar-refractivity contribution in [3.63, 3.8) is 0 Å². The van der Waals surface area contributed by atoms with Crippen LogP contribution >= 0.6 is 0 Å². The zero-order valence-corrected chi connectivity index (χ0v) is 13.9. The first-order chi connectivity index (χ1) is 7.02. The first-order valence-electron chi connectivity index (χ1n) is 6.78. The van der Waals surface area contributed by atoms with E-state index in [1.807, 2.05) is 0 Å². The Morgan fingerprint density at radius 2 is 1.20 bits per heavy atom. The van der Waals surface area contributed by atoms with Gasteiger partial charge in [-0.15, -0.1) is 0 Å². The summed E-state index contributed by atoms with van der Waals surface area (Å²) in [7, 11) is -1.28. The van der Waals surface area contributed by atoms with Gasteiger partial charge in [0, 0.05) is 0 Å². The Balaban J connectivity index is 3.88. The summed E-state index contributed by atoms with van der Waals surface area (Å²) in [5.41, 5.74) is 1.94. The summed E-state index contributed by atoms with van der Waals surface area (Å²) in [4.78, 5) is 0. The van der Waals surface area contributed by atoms with Gasteiger partial charge >= 0.3 is 0 Å². The van der Waals surface area contributed by atoms with E-state index in [2.05, 4.69) is 45.4 Å². The summed E-state index contributed by atoms with van der Waals surface area (Å²) >= 11 is 0. The van der Waals surface area contributed by atoms with Crippen LogP contribution in [0.4, 0.5) is 0 Å². The number of nitrogens with one attached hydrogen (secondary N) is 1. The van der Waals surface area contributed by atoms with Crippen LogP contribution in [0.5, 0.6) is 0 Å². The minimum atomic E-state index is -0.641. The number of hydrogen-bond acceptors (Lipinski definition) is 1. The second-order valence-electron chi connectivity index (χ2n) is 5.28. The average Bonchev–Trinajstić information content (AvgIpc) is 2.18. The molecule has 0 rings (SSSR count). The van der Waals surface area contributed by atoms with Gasteiger partial charge < -0.3 is 4.65 Å². The number of rotatable bonds is 8. The average molecular weight is 246 g/mol. The molecular formula is C12H31NSi2. The minimum Gasteiger partial charge on any atom is -0.364 e. The summed E-state index contributed by atoms with van der Waals surface area (Å²) in [5, 5.41) is 0. The maximum absolute atomic E-state index is 4.03. The van der Waals surface area contributed by atoms with E-state index in [0.717, 1.165) is 11.1 Å². The minimum absolute atomic E-state index is 0.641. The molecule has 1 nitrogen and oxygen atoms in total. The fourth-order valence-corrected chi connectivity index (χ4v) is 9.77. The molecule has 0 fully saturated rings. The van der Waals surface area contributed by atoms with Gasteiger partial charge in [-0.25, -0.2) is 0 Å². The normalized spacial score (nSPS) is 19.6. The molecule has 0 aromatic heterocycles. The highest BCUT2D eigenvalue weighted by molar-refractivity contribution is 6.73. The Morgan fingerprint density at radius 3 is 1.47 bits per heavy atom. The standard InChI is InChI=1S/C12H31NSi2/c1-7-9-11(3)14(5)13-15(6)12(4)10-8-2/h11-15H,7-10H2,1-6H3. The van der Waals surface area contributed by atoms with Crippen molar-refractivity contribution in [1.29, 1.82) is 0 Å². The molecule has 0 heterocycles. The van der Waals surface area contributed by atoms with Crippen LogP contribution in [0.1, 0.15) is 53.4 Å². The molecule has 4 unspecified atom stereocenters. The predicted octanol–water partition coefficient (Wildman–Crippen LogP) is 3.66. The van der Waals surface area contributed by atoms with Crippen molar-refractivity contribution >= 4 is 17.9 Å². The lowest BCUT2D eigenvalue weighted by Gasteiger charge is -2.26. The van der Waals surface area contributed by atoms with Crippen LogP contribution in [0, 0.1) is 0 Å². The Morgan fingerprint density at radius 1 is 0.867 bits per heavy atom. The van der Waals surface area contributed by atoms with Crippen LogP contribution in [0.3, 0.4) is 0 Å². The van der Waals surface area contributed by atoms with Gasteiger partial charge in [-0.05, 0) is 11.1 Å². The summed E-state index contributed by atoms with van der Waals surface area (Å²) in [5.74, 6) is 0. The van der Waals surface area contributed by atoms with Crippen molar-refractivity contribution in [1.82, 2.24) is 4.65 Å². The Labute approximate surface area is 100 Å². The smallest absolute Gasteiger partial charge is 0.101 e. The second-order valence-corrected chi connectivity index (χ2v) is 12.0. The number of hydrogen-bond donors (Lipinski definition) is 1. The van der Waals surface area contributed by atoms with E-state index >= 15 is 0 Å². The van der Waals surface area contributed by atoms with E-state index in [9.17, 15) is 0 Å². The van der Waals surface area contributed by atoms with E-state index in [1.165, 1.54) is 25.7 Å². The third-order valence-electron chi connectivity index (χ3n) is 3.72. The molecule has 1 N–H and O–H groups in total. The molecule has 0 aromatic carbocycles. The van der Waals surface area contributed by atoms with E-state index in [0.29, 0.717) is 0 Å². The lowest BCUT2D eigenvalue weighted by Crippen LogP contribution is -2.45. The summed E-state index contributed by atoms with van der Waals surface area (Å²) in [6.45, 7) is 14.5. The molecular weight excluding hydrogens is 214 g/mol. The molecule has 3 heteroatoms. The van der Waals surface area contributed by atoms with Crippen molar-refractivity contribution in [2.45, 2.75) is 77.6 Å². The van der Waals surface area contributed by atoms with Crippen molar-refractivity contribution in [3.8, 4) is 0 Å². The van der Waals surface area contributed by atoms with Crippen molar-refractivity contribution in [3.05, 3.63) is 0 Å². The molecule has 0 aliphatic rings. The monoisotopic (exact) mass is 245 g/mol. The molecule has 0 saturated heterocycles. The molecule has 0 aliphatic heterocycles. The van der Waals surface area contributed by atoms with E-state index in [1.54, 1.807) is 0 Å².